The number of likely N-dealkylation sites (tertiary alicyclic amines) is 1. The van der Waals surface area contributed by atoms with Gasteiger partial charge < -0.3 is 10.0 Å². The van der Waals surface area contributed by atoms with E-state index in [9.17, 15) is 9.90 Å². The number of aliphatic hydroxyl groups excluding tert-OH is 1. The van der Waals surface area contributed by atoms with E-state index in [2.05, 4.69) is 9.97 Å². The average Bonchev–Trinajstić information content (AvgIpc) is 3.16. The maximum absolute atomic E-state index is 12.6. The van der Waals surface area contributed by atoms with Crippen molar-refractivity contribution in [3.63, 3.8) is 0 Å². The standard InChI is InChI=1S/C20H19N3O2/c24-13-16-4-3-11-23(16)20(25)15-9-7-14(8-10-15)19-12-21-17-5-1-2-6-18(17)22-19/h1-2,5-10,12,16,24H,3-4,11,13H2/t16-/m0/s1. The van der Waals surface area contributed by atoms with Crippen LogP contribution in [0, 0.1) is 0 Å². The Morgan fingerprint density at radius 2 is 1.88 bits per heavy atom. The fourth-order valence-electron chi connectivity index (χ4n) is 3.34. The van der Waals surface area contributed by atoms with E-state index in [1.165, 1.54) is 0 Å². The van der Waals surface area contributed by atoms with Gasteiger partial charge >= 0.3 is 0 Å². The molecule has 0 unspecified atom stereocenters. The molecule has 2 heterocycles. The maximum atomic E-state index is 12.6. The molecule has 4 rings (SSSR count). The zero-order valence-electron chi connectivity index (χ0n) is 13.8. The van der Waals surface area contributed by atoms with E-state index in [0.717, 1.165) is 35.1 Å². The molecular weight excluding hydrogens is 314 g/mol. The van der Waals surface area contributed by atoms with Crippen molar-refractivity contribution in [1.29, 1.82) is 0 Å². The number of nitrogens with zero attached hydrogens (tertiary/aromatic N) is 3. The number of rotatable bonds is 3. The van der Waals surface area contributed by atoms with Gasteiger partial charge in [0.2, 0.25) is 0 Å². The van der Waals surface area contributed by atoms with Crippen LogP contribution in [-0.2, 0) is 0 Å². The second-order valence-electron chi connectivity index (χ2n) is 6.30. The van der Waals surface area contributed by atoms with E-state index < -0.39 is 0 Å². The molecule has 5 heteroatoms. The van der Waals surface area contributed by atoms with Crippen LogP contribution in [0.15, 0.2) is 54.7 Å². The van der Waals surface area contributed by atoms with Crippen LogP contribution in [0.5, 0.6) is 0 Å². The Kier molecular flexibility index (Phi) is 4.15. The molecule has 1 amide bonds. The SMILES string of the molecule is O=C(c1ccc(-c2cnc3ccccc3n2)cc1)N1CCC[C@H]1CO. The number of hydrogen-bond donors (Lipinski definition) is 1. The third-order valence-corrected chi connectivity index (χ3v) is 4.72. The third kappa shape index (κ3) is 2.98. The zero-order chi connectivity index (χ0) is 17.2. The van der Waals surface area contributed by atoms with Gasteiger partial charge in [-0.05, 0) is 37.1 Å². The van der Waals surface area contributed by atoms with Crippen LogP contribution < -0.4 is 0 Å². The molecule has 2 aromatic carbocycles. The first-order valence-electron chi connectivity index (χ1n) is 8.50. The summed E-state index contributed by atoms with van der Waals surface area (Å²) in [5, 5.41) is 9.40. The van der Waals surface area contributed by atoms with Crippen LogP contribution in [0.4, 0.5) is 0 Å². The summed E-state index contributed by atoms with van der Waals surface area (Å²) in [7, 11) is 0. The van der Waals surface area contributed by atoms with Crippen LogP contribution in [0.25, 0.3) is 22.3 Å². The number of aliphatic hydroxyl groups is 1. The molecule has 5 nitrogen and oxygen atoms in total. The molecule has 1 aliphatic heterocycles. The molecule has 1 N–H and O–H groups in total. The number of carbonyl (C=O) groups excluding carboxylic acids is 1. The number of hydrogen-bond acceptors (Lipinski definition) is 4. The maximum Gasteiger partial charge on any atom is 0.254 e. The van der Waals surface area contributed by atoms with Gasteiger partial charge in [0.25, 0.3) is 5.91 Å². The summed E-state index contributed by atoms with van der Waals surface area (Å²) < 4.78 is 0. The second-order valence-corrected chi connectivity index (χ2v) is 6.30. The van der Waals surface area contributed by atoms with Gasteiger partial charge in [-0.3, -0.25) is 9.78 Å². The first kappa shape index (κ1) is 15.7. The molecule has 3 aromatic rings. The molecule has 0 aliphatic carbocycles. The average molecular weight is 333 g/mol. The number of benzene rings is 2. The fraction of sp³-hybridized carbons (Fsp3) is 0.250. The van der Waals surface area contributed by atoms with Crippen molar-refractivity contribution >= 4 is 16.9 Å². The van der Waals surface area contributed by atoms with Gasteiger partial charge in [0, 0.05) is 17.7 Å². The molecule has 0 spiro atoms. The first-order valence-corrected chi connectivity index (χ1v) is 8.50. The topological polar surface area (TPSA) is 66.3 Å². The highest BCUT2D eigenvalue weighted by atomic mass is 16.3. The fourth-order valence-corrected chi connectivity index (χ4v) is 3.34. The van der Waals surface area contributed by atoms with Crippen LogP contribution >= 0.6 is 0 Å². The number of fused-ring (bicyclic) bond motifs is 1. The van der Waals surface area contributed by atoms with Crippen molar-refractivity contribution in [2.45, 2.75) is 18.9 Å². The lowest BCUT2D eigenvalue weighted by Crippen LogP contribution is -2.37. The minimum absolute atomic E-state index is 0.0207. The van der Waals surface area contributed by atoms with Crippen molar-refractivity contribution in [2.24, 2.45) is 0 Å². The van der Waals surface area contributed by atoms with E-state index in [1.807, 2.05) is 48.5 Å². The molecule has 1 aliphatic rings. The molecule has 1 saturated heterocycles. The Morgan fingerprint density at radius 3 is 2.64 bits per heavy atom. The van der Waals surface area contributed by atoms with Crippen molar-refractivity contribution in [1.82, 2.24) is 14.9 Å². The Balaban J connectivity index is 1.59. The van der Waals surface area contributed by atoms with E-state index in [-0.39, 0.29) is 18.6 Å². The van der Waals surface area contributed by atoms with E-state index in [4.69, 9.17) is 0 Å². The van der Waals surface area contributed by atoms with Crippen molar-refractivity contribution < 1.29 is 9.90 Å². The van der Waals surface area contributed by atoms with Crippen molar-refractivity contribution in [3.05, 3.63) is 60.3 Å². The monoisotopic (exact) mass is 333 g/mol. The Bertz CT molecular complexity index is 908. The van der Waals surface area contributed by atoms with Crippen LogP contribution in [0.1, 0.15) is 23.2 Å². The largest absolute Gasteiger partial charge is 0.394 e. The lowest BCUT2D eigenvalue weighted by atomic mass is 10.1. The third-order valence-electron chi connectivity index (χ3n) is 4.72. The summed E-state index contributed by atoms with van der Waals surface area (Å²) in [5.41, 5.74) is 4.06. The summed E-state index contributed by atoms with van der Waals surface area (Å²) in [6.45, 7) is 0.735. The lowest BCUT2D eigenvalue weighted by molar-refractivity contribution is 0.0677. The van der Waals surface area contributed by atoms with Crippen molar-refractivity contribution in [3.8, 4) is 11.3 Å². The molecule has 126 valence electrons. The van der Waals surface area contributed by atoms with Gasteiger partial charge in [-0.25, -0.2) is 4.98 Å². The van der Waals surface area contributed by atoms with Gasteiger partial charge in [-0.2, -0.15) is 0 Å². The van der Waals surface area contributed by atoms with Gasteiger partial charge in [0.15, 0.2) is 0 Å². The summed E-state index contributed by atoms with van der Waals surface area (Å²) >= 11 is 0. The van der Waals surface area contributed by atoms with Crippen LogP contribution in [-0.4, -0.2) is 45.1 Å². The van der Waals surface area contributed by atoms with Crippen LogP contribution in [0.2, 0.25) is 0 Å². The first-order chi connectivity index (χ1) is 12.3. The Morgan fingerprint density at radius 1 is 1.12 bits per heavy atom. The predicted molar refractivity (Wildman–Crippen MR) is 96.1 cm³/mol. The van der Waals surface area contributed by atoms with Gasteiger partial charge in [-0.15, -0.1) is 0 Å². The van der Waals surface area contributed by atoms with Gasteiger partial charge in [0.05, 0.1) is 35.6 Å². The van der Waals surface area contributed by atoms with E-state index in [0.29, 0.717) is 12.1 Å². The summed E-state index contributed by atoms with van der Waals surface area (Å²) in [6.07, 6.45) is 3.57. The number of amides is 1. The zero-order valence-corrected chi connectivity index (χ0v) is 13.8. The predicted octanol–water partition coefficient (Wildman–Crippen LogP) is 2.89. The minimum Gasteiger partial charge on any atom is -0.394 e. The highest BCUT2D eigenvalue weighted by Crippen LogP contribution is 2.23. The summed E-state index contributed by atoms with van der Waals surface area (Å²) in [6, 6.07) is 15.1. The molecular formula is C20H19N3O2. The highest BCUT2D eigenvalue weighted by Gasteiger charge is 2.28. The molecule has 25 heavy (non-hydrogen) atoms. The van der Waals surface area contributed by atoms with E-state index >= 15 is 0 Å². The minimum atomic E-state index is -0.0569. The second kappa shape index (κ2) is 6.61. The Hall–Kier alpha value is -2.79. The quantitative estimate of drug-likeness (QED) is 0.800. The Labute approximate surface area is 146 Å². The molecule has 1 fully saturated rings. The molecule has 0 radical (unpaired) electrons. The van der Waals surface area contributed by atoms with Gasteiger partial charge in [0.1, 0.15) is 0 Å². The summed E-state index contributed by atoms with van der Waals surface area (Å²) in [5.74, 6) is -0.0207. The molecule has 0 bridgehead atoms. The highest BCUT2D eigenvalue weighted by molar-refractivity contribution is 5.95. The van der Waals surface area contributed by atoms with Crippen molar-refractivity contribution in [2.75, 3.05) is 13.2 Å². The lowest BCUT2D eigenvalue weighted by Gasteiger charge is -2.23. The molecule has 1 aromatic heterocycles. The number of aromatic nitrogens is 2. The van der Waals surface area contributed by atoms with Gasteiger partial charge in [-0.1, -0.05) is 24.3 Å². The van der Waals surface area contributed by atoms with E-state index in [1.54, 1.807) is 11.1 Å². The summed E-state index contributed by atoms with van der Waals surface area (Å²) in [4.78, 5) is 23.5. The molecule has 1 atom stereocenters. The molecule has 0 saturated carbocycles. The van der Waals surface area contributed by atoms with Crippen LogP contribution in [0.3, 0.4) is 0 Å². The number of carbonyl (C=O) groups is 1. The normalized spacial score (nSPS) is 17.2. The smallest absolute Gasteiger partial charge is 0.254 e. The number of para-hydroxylation sites is 2.